The van der Waals surface area contributed by atoms with E-state index < -0.39 is 0 Å². The van der Waals surface area contributed by atoms with Gasteiger partial charge in [0.25, 0.3) is 0 Å². The van der Waals surface area contributed by atoms with E-state index in [0.717, 1.165) is 29.0 Å². The lowest BCUT2D eigenvalue weighted by Gasteiger charge is -2.24. The van der Waals surface area contributed by atoms with Crippen LogP contribution in [0.1, 0.15) is 24.2 Å². The summed E-state index contributed by atoms with van der Waals surface area (Å²) in [5.41, 5.74) is 5.66. The number of benzene rings is 3. The molecule has 36 heavy (non-hydrogen) atoms. The van der Waals surface area contributed by atoms with Crippen LogP contribution in [0.2, 0.25) is 0 Å². The summed E-state index contributed by atoms with van der Waals surface area (Å²) in [5.74, 6) is 0.503. The first kappa shape index (κ1) is 22.8. The topological polar surface area (TPSA) is 67.5 Å². The number of esters is 1. The van der Waals surface area contributed by atoms with E-state index in [0.29, 0.717) is 38.5 Å². The van der Waals surface area contributed by atoms with Crippen molar-refractivity contribution in [3.8, 4) is 11.4 Å². The Bertz CT molecular complexity index is 1580. The molecule has 1 aliphatic heterocycles. The van der Waals surface area contributed by atoms with Gasteiger partial charge in [0.2, 0.25) is 0 Å². The van der Waals surface area contributed by atoms with Gasteiger partial charge in [0, 0.05) is 33.9 Å². The summed E-state index contributed by atoms with van der Waals surface area (Å²) in [6.07, 6.45) is -0.0645. The first-order chi connectivity index (χ1) is 17.7. The maximum atomic E-state index is 12.4. The molecule has 2 aromatic heterocycles. The average molecular weight is 484 g/mol. The zero-order valence-corrected chi connectivity index (χ0v) is 20.6. The predicted molar refractivity (Wildman–Crippen MR) is 140 cm³/mol. The highest BCUT2D eigenvalue weighted by atomic mass is 16.6. The SMILES string of the molecule is CCOC(=O)c1ccc2c(c1)nc(-c1ccc3c(c1)c1ccccc1n3CC)n2CC1COCCO1. The zero-order chi connectivity index (χ0) is 24.6. The molecule has 3 aromatic carbocycles. The van der Waals surface area contributed by atoms with Gasteiger partial charge in [-0.3, -0.25) is 0 Å². The fraction of sp³-hybridized carbons (Fsp3) is 0.310. The number of carbonyl (C=O) groups is 1. The minimum atomic E-state index is -0.340. The Hall–Kier alpha value is -3.68. The Morgan fingerprint density at radius 2 is 1.81 bits per heavy atom. The van der Waals surface area contributed by atoms with Crippen LogP contribution in [0.3, 0.4) is 0 Å². The van der Waals surface area contributed by atoms with E-state index >= 15 is 0 Å². The standard InChI is InChI=1S/C29H29N3O4/c1-3-31-25-8-6-5-7-22(25)23-15-19(9-11-26(23)31)28-30-24-16-20(29(33)35-4-2)10-12-27(24)32(28)17-21-18-34-13-14-36-21/h5-12,15-16,21H,3-4,13-14,17-18H2,1-2H3. The summed E-state index contributed by atoms with van der Waals surface area (Å²) in [6.45, 7) is 7.58. The number of para-hydroxylation sites is 1. The molecule has 0 N–H and O–H groups in total. The van der Waals surface area contributed by atoms with Crippen LogP contribution in [0.25, 0.3) is 44.2 Å². The molecule has 0 amide bonds. The van der Waals surface area contributed by atoms with Gasteiger partial charge in [0.1, 0.15) is 5.82 Å². The van der Waals surface area contributed by atoms with Crippen molar-refractivity contribution in [2.24, 2.45) is 0 Å². The van der Waals surface area contributed by atoms with Crippen LogP contribution in [0.5, 0.6) is 0 Å². The Morgan fingerprint density at radius 3 is 2.61 bits per heavy atom. The number of rotatable bonds is 6. The second-order valence-corrected chi connectivity index (χ2v) is 9.03. The van der Waals surface area contributed by atoms with E-state index in [4.69, 9.17) is 19.2 Å². The largest absolute Gasteiger partial charge is 0.462 e. The molecule has 1 aliphatic rings. The minimum absolute atomic E-state index is 0.0645. The van der Waals surface area contributed by atoms with Crippen LogP contribution in [-0.4, -0.2) is 52.6 Å². The van der Waals surface area contributed by atoms with E-state index in [1.807, 2.05) is 12.1 Å². The van der Waals surface area contributed by atoms with Crippen LogP contribution in [0.4, 0.5) is 0 Å². The lowest BCUT2D eigenvalue weighted by Crippen LogP contribution is -2.32. The number of nitrogens with zero attached hydrogens (tertiary/aromatic N) is 3. The van der Waals surface area contributed by atoms with Gasteiger partial charge in [-0.15, -0.1) is 0 Å². The van der Waals surface area contributed by atoms with Gasteiger partial charge in [-0.25, -0.2) is 9.78 Å². The monoisotopic (exact) mass is 483 g/mol. The lowest BCUT2D eigenvalue weighted by molar-refractivity contribution is -0.0931. The summed E-state index contributed by atoms with van der Waals surface area (Å²) in [4.78, 5) is 17.4. The van der Waals surface area contributed by atoms with Crippen molar-refractivity contribution >= 4 is 38.8 Å². The third kappa shape index (κ3) is 3.85. The number of carbonyl (C=O) groups excluding carboxylic acids is 1. The molecule has 0 saturated carbocycles. The molecular weight excluding hydrogens is 454 g/mol. The molecule has 7 nitrogen and oxygen atoms in total. The molecular formula is C29H29N3O4. The van der Waals surface area contributed by atoms with Crippen LogP contribution in [-0.2, 0) is 27.3 Å². The molecule has 7 heteroatoms. The fourth-order valence-corrected chi connectivity index (χ4v) is 5.26. The van der Waals surface area contributed by atoms with Crippen LogP contribution in [0.15, 0.2) is 60.7 Å². The molecule has 0 spiro atoms. The molecule has 5 aromatic rings. The molecule has 0 bridgehead atoms. The van der Waals surface area contributed by atoms with Gasteiger partial charge < -0.3 is 23.3 Å². The van der Waals surface area contributed by atoms with Crippen LogP contribution < -0.4 is 0 Å². The highest BCUT2D eigenvalue weighted by molar-refractivity contribution is 6.09. The van der Waals surface area contributed by atoms with E-state index in [2.05, 4.69) is 58.5 Å². The molecule has 1 atom stereocenters. The number of fused-ring (bicyclic) bond motifs is 4. The zero-order valence-electron chi connectivity index (χ0n) is 20.6. The normalized spacial score (nSPS) is 16.2. The Kier molecular flexibility index (Phi) is 5.95. The third-order valence-electron chi connectivity index (χ3n) is 6.88. The smallest absolute Gasteiger partial charge is 0.338 e. The number of hydrogen-bond donors (Lipinski definition) is 0. The number of imidazole rings is 1. The molecule has 3 heterocycles. The van der Waals surface area contributed by atoms with Crippen LogP contribution in [0, 0.1) is 0 Å². The van der Waals surface area contributed by atoms with Crippen molar-refractivity contribution < 1.29 is 19.0 Å². The van der Waals surface area contributed by atoms with E-state index in [1.165, 1.54) is 21.8 Å². The lowest BCUT2D eigenvalue weighted by atomic mass is 10.1. The first-order valence-corrected chi connectivity index (χ1v) is 12.6. The van der Waals surface area contributed by atoms with Gasteiger partial charge in [0.15, 0.2) is 0 Å². The molecule has 0 radical (unpaired) electrons. The van der Waals surface area contributed by atoms with E-state index in [9.17, 15) is 4.79 Å². The van der Waals surface area contributed by atoms with Crippen molar-refractivity contribution in [3.05, 3.63) is 66.2 Å². The summed E-state index contributed by atoms with van der Waals surface area (Å²) in [7, 11) is 0. The predicted octanol–water partition coefficient (Wildman–Crippen LogP) is 5.42. The van der Waals surface area contributed by atoms with Gasteiger partial charge in [-0.2, -0.15) is 0 Å². The van der Waals surface area contributed by atoms with Crippen LogP contribution >= 0.6 is 0 Å². The highest BCUT2D eigenvalue weighted by Gasteiger charge is 2.22. The summed E-state index contributed by atoms with van der Waals surface area (Å²) in [6, 6.07) is 20.6. The number of aromatic nitrogens is 3. The van der Waals surface area contributed by atoms with Crippen molar-refractivity contribution in [2.45, 2.75) is 33.0 Å². The Balaban J connectivity index is 1.52. The van der Waals surface area contributed by atoms with Gasteiger partial charge in [-0.05, 0) is 56.3 Å². The second-order valence-electron chi connectivity index (χ2n) is 9.03. The number of hydrogen-bond acceptors (Lipinski definition) is 5. The molecule has 1 fully saturated rings. The molecule has 6 rings (SSSR count). The Labute approximate surface area is 209 Å². The van der Waals surface area contributed by atoms with Gasteiger partial charge >= 0.3 is 5.97 Å². The van der Waals surface area contributed by atoms with Gasteiger partial charge in [0.05, 0.1) is 55.7 Å². The second kappa shape index (κ2) is 9.41. The molecule has 1 saturated heterocycles. The quantitative estimate of drug-likeness (QED) is 0.302. The van der Waals surface area contributed by atoms with Crippen molar-refractivity contribution in [1.82, 2.24) is 14.1 Å². The Morgan fingerprint density at radius 1 is 0.972 bits per heavy atom. The number of ether oxygens (including phenoxy) is 3. The third-order valence-corrected chi connectivity index (χ3v) is 6.88. The van der Waals surface area contributed by atoms with Crippen molar-refractivity contribution in [1.29, 1.82) is 0 Å². The minimum Gasteiger partial charge on any atom is -0.462 e. The van der Waals surface area contributed by atoms with Crippen molar-refractivity contribution in [3.63, 3.8) is 0 Å². The summed E-state index contributed by atoms with van der Waals surface area (Å²) in [5, 5.41) is 2.43. The maximum Gasteiger partial charge on any atom is 0.338 e. The molecule has 0 aliphatic carbocycles. The molecule has 1 unspecified atom stereocenters. The maximum absolute atomic E-state index is 12.4. The van der Waals surface area contributed by atoms with Crippen molar-refractivity contribution in [2.75, 3.05) is 26.4 Å². The van der Waals surface area contributed by atoms with Gasteiger partial charge in [-0.1, -0.05) is 18.2 Å². The average Bonchev–Trinajstić information content (AvgIpc) is 3.44. The summed E-state index contributed by atoms with van der Waals surface area (Å²) < 4.78 is 21.4. The number of aryl methyl sites for hydroxylation is 1. The van der Waals surface area contributed by atoms with E-state index in [-0.39, 0.29) is 12.1 Å². The first-order valence-electron chi connectivity index (χ1n) is 12.6. The fourth-order valence-electron chi connectivity index (χ4n) is 5.26. The highest BCUT2D eigenvalue weighted by Crippen LogP contribution is 2.34. The molecule has 184 valence electrons. The summed E-state index contributed by atoms with van der Waals surface area (Å²) >= 11 is 0. The van der Waals surface area contributed by atoms with E-state index in [1.54, 1.807) is 13.0 Å².